The van der Waals surface area contributed by atoms with Crippen molar-refractivity contribution in [2.75, 3.05) is 13.2 Å². The van der Waals surface area contributed by atoms with Gasteiger partial charge in [-0.25, -0.2) is 0 Å². The van der Waals surface area contributed by atoms with Gasteiger partial charge in [0.1, 0.15) is 0 Å². The molecule has 0 saturated carbocycles. The molecule has 12 heavy (non-hydrogen) atoms. The maximum absolute atomic E-state index is 10.8. The van der Waals surface area contributed by atoms with Crippen molar-refractivity contribution in [3.05, 3.63) is 0 Å². The van der Waals surface area contributed by atoms with Crippen molar-refractivity contribution < 1.29 is 13.7 Å². The lowest BCUT2D eigenvalue weighted by atomic mass is 10.2. The van der Waals surface area contributed by atoms with E-state index in [0.29, 0.717) is 19.6 Å². The second-order valence-electron chi connectivity index (χ2n) is 2.15. The van der Waals surface area contributed by atoms with E-state index in [-0.39, 0.29) is 5.97 Å². The van der Waals surface area contributed by atoms with Crippen LogP contribution in [0, 0.1) is 0 Å². The minimum absolute atomic E-state index is 0.111. The smallest absolute Gasteiger partial charge is 0.305 e. The zero-order valence-corrected chi connectivity index (χ0v) is 10.0. The Hall–Kier alpha value is 0.510. The fourth-order valence-electron chi connectivity index (χ4n) is 0.695. The van der Waals surface area contributed by atoms with Crippen LogP contribution in [0.2, 0.25) is 0 Å². The lowest BCUT2D eigenvalue weighted by Gasteiger charge is -2.00. The quantitative estimate of drug-likeness (QED) is 0.313. The predicted octanol–water partition coefficient (Wildman–Crippen LogP) is 2.73. The summed E-state index contributed by atoms with van der Waals surface area (Å²) in [6.07, 6.45) is 2.26. The number of carbonyl (C=O) groups is 1. The van der Waals surface area contributed by atoms with Gasteiger partial charge in [0, 0.05) is 27.6 Å². The van der Waals surface area contributed by atoms with Crippen LogP contribution in [0.25, 0.3) is 0 Å². The van der Waals surface area contributed by atoms with Gasteiger partial charge in [-0.2, -0.15) is 0 Å². The van der Waals surface area contributed by atoms with E-state index < -0.39 is 0 Å². The lowest BCUT2D eigenvalue weighted by molar-refractivity contribution is -0.143. The van der Waals surface area contributed by atoms with Crippen LogP contribution < -0.4 is 0 Å². The Labute approximate surface area is 89.4 Å². The minimum atomic E-state index is -0.111. The van der Waals surface area contributed by atoms with Crippen LogP contribution >= 0.6 is 30.4 Å². The highest BCUT2D eigenvalue weighted by Crippen LogP contribution is 2.13. The molecule has 0 aliphatic carbocycles. The van der Waals surface area contributed by atoms with Gasteiger partial charge in [0.25, 0.3) is 0 Å². The SMILES string of the molecule is CCOC(=O)CCCCOSI. The Kier molecular flexibility index (Phi) is 10.0. The molecule has 5 heteroatoms. The molecular weight excluding hydrogens is 291 g/mol. The fraction of sp³-hybridized carbons (Fsp3) is 0.857. The lowest BCUT2D eigenvalue weighted by Crippen LogP contribution is -2.03. The molecule has 0 N–H and O–H groups in total. The summed E-state index contributed by atoms with van der Waals surface area (Å²) in [4.78, 5) is 10.8. The second-order valence-corrected chi connectivity index (χ2v) is 3.59. The third-order valence-corrected chi connectivity index (χ3v) is 2.23. The molecule has 0 fully saturated rings. The highest BCUT2D eigenvalue weighted by molar-refractivity contribution is 14.2. The first-order valence-electron chi connectivity index (χ1n) is 3.87. The van der Waals surface area contributed by atoms with Crippen molar-refractivity contribution in [1.29, 1.82) is 0 Å². The van der Waals surface area contributed by atoms with Crippen LogP contribution in [-0.2, 0) is 13.7 Å². The van der Waals surface area contributed by atoms with E-state index in [1.807, 2.05) is 6.92 Å². The molecular formula is C7H13IO3S. The topological polar surface area (TPSA) is 35.5 Å². The Morgan fingerprint density at radius 2 is 2.25 bits per heavy atom. The zero-order valence-electron chi connectivity index (χ0n) is 7.05. The molecule has 0 aliphatic heterocycles. The molecule has 0 aromatic carbocycles. The molecule has 72 valence electrons. The maximum Gasteiger partial charge on any atom is 0.305 e. The molecule has 0 saturated heterocycles. The van der Waals surface area contributed by atoms with Crippen molar-refractivity contribution >= 4 is 36.4 Å². The van der Waals surface area contributed by atoms with Crippen LogP contribution in [0.5, 0.6) is 0 Å². The molecule has 0 rings (SSSR count). The number of hydrogen-bond donors (Lipinski definition) is 0. The Morgan fingerprint density at radius 1 is 1.50 bits per heavy atom. The number of ether oxygens (including phenoxy) is 1. The minimum Gasteiger partial charge on any atom is -0.466 e. The van der Waals surface area contributed by atoms with Gasteiger partial charge in [-0.15, -0.1) is 0 Å². The van der Waals surface area contributed by atoms with E-state index in [1.54, 1.807) is 0 Å². The van der Waals surface area contributed by atoms with Crippen molar-refractivity contribution in [3.63, 3.8) is 0 Å². The summed E-state index contributed by atoms with van der Waals surface area (Å²) in [6.45, 7) is 2.99. The van der Waals surface area contributed by atoms with Gasteiger partial charge in [-0.3, -0.25) is 4.79 Å². The Balaban J connectivity index is 3.03. The normalized spacial score (nSPS) is 9.83. The molecule has 0 spiro atoms. The summed E-state index contributed by atoms with van der Waals surface area (Å²) < 4.78 is 9.79. The van der Waals surface area contributed by atoms with Gasteiger partial charge in [-0.05, 0) is 19.8 Å². The first kappa shape index (κ1) is 12.5. The van der Waals surface area contributed by atoms with Crippen LogP contribution in [0.3, 0.4) is 0 Å². The molecule has 0 aromatic heterocycles. The fourth-order valence-corrected chi connectivity index (χ4v) is 1.42. The van der Waals surface area contributed by atoms with E-state index >= 15 is 0 Å². The zero-order chi connectivity index (χ0) is 9.23. The van der Waals surface area contributed by atoms with Crippen LogP contribution in [0.4, 0.5) is 0 Å². The molecule has 0 bridgehead atoms. The summed E-state index contributed by atoms with van der Waals surface area (Å²) in [7, 11) is 1.32. The molecule has 0 aromatic rings. The number of carbonyl (C=O) groups excluding carboxylic acids is 1. The van der Waals surface area contributed by atoms with Gasteiger partial charge in [0.15, 0.2) is 0 Å². The van der Waals surface area contributed by atoms with Crippen LogP contribution in [0.1, 0.15) is 26.2 Å². The average Bonchev–Trinajstić information content (AvgIpc) is 2.05. The molecule has 3 nitrogen and oxygen atoms in total. The Bertz CT molecular complexity index is 121. The number of hydrogen-bond acceptors (Lipinski definition) is 4. The Morgan fingerprint density at radius 3 is 2.83 bits per heavy atom. The number of unbranched alkanes of at least 4 members (excludes halogenated alkanes) is 1. The largest absolute Gasteiger partial charge is 0.466 e. The van der Waals surface area contributed by atoms with Crippen molar-refractivity contribution in [2.45, 2.75) is 26.2 Å². The number of rotatable bonds is 7. The highest BCUT2D eigenvalue weighted by atomic mass is 127. The second kappa shape index (κ2) is 9.60. The van der Waals surface area contributed by atoms with Crippen LogP contribution in [-0.4, -0.2) is 19.2 Å². The summed E-state index contributed by atoms with van der Waals surface area (Å²) >= 11 is 2.07. The molecule has 0 unspecified atom stereocenters. The van der Waals surface area contributed by atoms with Gasteiger partial charge >= 0.3 is 5.97 Å². The summed E-state index contributed by atoms with van der Waals surface area (Å²) in [6, 6.07) is 0. The van der Waals surface area contributed by atoms with E-state index in [1.165, 1.54) is 9.21 Å². The predicted molar refractivity (Wildman–Crippen MR) is 58.0 cm³/mol. The molecule has 0 heterocycles. The van der Waals surface area contributed by atoms with E-state index in [9.17, 15) is 4.79 Å². The van der Waals surface area contributed by atoms with Gasteiger partial charge in [0.05, 0.1) is 22.4 Å². The van der Waals surface area contributed by atoms with E-state index in [4.69, 9.17) is 8.92 Å². The van der Waals surface area contributed by atoms with Crippen molar-refractivity contribution in [1.82, 2.24) is 0 Å². The molecule has 0 atom stereocenters. The third kappa shape index (κ3) is 8.61. The standard InChI is InChI=1S/C7H13IO3S/c1-2-10-7(9)5-3-4-6-11-12-8/h2-6H2,1H3. The third-order valence-electron chi connectivity index (χ3n) is 1.21. The van der Waals surface area contributed by atoms with E-state index in [0.717, 1.165) is 12.8 Å². The number of esters is 1. The van der Waals surface area contributed by atoms with E-state index in [2.05, 4.69) is 21.2 Å². The summed E-state index contributed by atoms with van der Waals surface area (Å²) in [5.74, 6) is -0.111. The van der Waals surface area contributed by atoms with Gasteiger partial charge < -0.3 is 8.92 Å². The van der Waals surface area contributed by atoms with Gasteiger partial charge in [0.2, 0.25) is 0 Å². The molecule has 0 radical (unpaired) electrons. The first-order chi connectivity index (χ1) is 5.81. The van der Waals surface area contributed by atoms with Crippen molar-refractivity contribution in [2.24, 2.45) is 0 Å². The summed E-state index contributed by atoms with van der Waals surface area (Å²) in [5, 5.41) is 0. The van der Waals surface area contributed by atoms with Crippen LogP contribution in [0.15, 0.2) is 0 Å². The average molecular weight is 304 g/mol. The van der Waals surface area contributed by atoms with Crippen molar-refractivity contribution in [3.8, 4) is 0 Å². The summed E-state index contributed by atoms with van der Waals surface area (Å²) in [5.41, 5.74) is 0. The first-order valence-corrected chi connectivity index (χ1v) is 7.15. The molecule has 0 amide bonds. The monoisotopic (exact) mass is 304 g/mol. The number of halogens is 1. The maximum atomic E-state index is 10.8. The molecule has 0 aliphatic rings. The highest BCUT2D eigenvalue weighted by Gasteiger charge is 1.99. The van der Waals surface area contributed by atoms with Gasteiger partial charge in [-0.1, -0.05) is 0 Å².